The van der Waals surface area contributed by atoms with Crippen LogP contribution in [0.15, 0.2) is 69.6 Å². The summed E-state index contributed by atoms with van der Waals surface area (Å²) in [7, 11) is 1.66. The van der Waals surface area contributed by atoms with E-state index < -0.39 is 0 Å². The van der Waals surface area contributed by atoms with Crippen molar-refractivity contribution in [1.29, 1.82) is 0 Å². The van der Waals surface area contributed by atoms with Gasteiger partial charge >= 0.3 is 0 Å². The zero-order chi connectivity index (χ0) is 23.1. The molecule has 0 saturated carbocycles. The predicted molar refractivity (Wildman–Crippen MR) is 142 cm³/mol. The summed E-state index contributed by atoms with van der Waals surface area (Å²) in [5, 5.41) is 4.96. The summed E-state index contributed by atoms with van der Waals surface area (Å²) in [6.45, 7) is 0.306. The lowest BCUT2D eigenvalue weighted by molar-refractivity contribution is 0.282. The van der Waals surface area contributed by atoms with Gasteiger partial charge in [-0.25, -0.2) is 0 Å². The first kappa shape index (κ1) is 23.1. The van der Waals surface area contributed by atoms with Gasteiger partial charge in [-0.15, -0.1) is 0 Å². The topological polar surface area (TPSA) is 30.5 Å². The van der Waals surface area contributed by atoms with Crippen molar-refractivity contribution >= 4 is 60.7 Å². The molecule has 0 amide bonds. The normalized spacial score (nSPS) is 20.7. The second-order valence-electron chi connectivity index (χ2n) is 8.24. The van der Waals surface area contributed by atoms with Crippen molar-refractivity contribution in [1.82, 2.24) is 0 Å². The van der Waals surface area contributed by atoms with Crippen LogP contribution in [-0.4, -0.2) is 7.11 Å². The summed E-state index contributed by atoms with van der Waals surface area (Å²) < 4.78 is 13.8. The molecule has 1 aliphatic heterocycles. The van der Waals surface area contributed by atoms with Crippen LogP contribution in [0.5, 0.6) is 11.5 Å². The number of fused-ring (bicyclic) bond motifs is 3. The molecule has 0 radical (unpaired) electrons. The average Bonchev–Trinajstić information content (AvgIpc) is 3.29. The van der Waals surface area contributed by atoms with Gasteiger partial charge in [0.2, 0.25) is 0 Å². The summed E-state index contributed by atoms with van der Waals surface area (Å²) >= 11 is 19.8. The van der Waals surface area contributed by atoms with E-state index in [1.807, 2.05) is 6.07 Å². The Kier molecular flexibility index (Phi) is 6.67. The molecule has 1 aliphatic carbocycles. The largest absolute Gasteiger partial charge is 0.493 e. The Morgan fingerprint density at radius 1 is 1.06 bits per heavy atom. The smallest absolute Gasteiger partial charge is 0.175 e. The Balaban J connectivity index is 1.46. The highest BCUT2D eigenvalue weighted by atomic mass is 79.9. The molecule has 0 unspecified atom stereocenters. The molecular formula is C26H21Br2Cl2NO2. The van der Waals surface area contributed by atoms with Gasteiger partial charge in [0.25, 0.3) is 0 Å². The first-order chi connectivity index (χ1) is 16.0. The monoisotopic (exact) mass is 607 g/mol. The van der Waals surface area contributed by atoms with Crippen LogP contribution in [0.1, 0.15) is 35.1 Å². The van der Waals surface area contributed by atoms with E-state index in [1.54, 1.807) is 19.2 Å². The fourth-order valence-corrected chi connectivity index (χ4v) is 6.29. The molecule has 2 aliphatic rings. The minimum atomic E-state index is 0.140. The van der Waals surface area contributed by atoms with E-state index in [0.717, 1.165) is 32.2 Å². The molecule has 33 heavy (non-hydrogen) atoms. The molecule has 0 aromatic heterocycles. The maximum Gasteiger partial charge on any atom is 0.175 e. The number of ether oxygens (including phenoxy) is 2. The molecule has 0 fully saturated rings. The Bertz CT molecular complexity index is 1250. The zero-order valence-electron chi connectivity index (χ0n) is 17.7. The van der Waals surface area contributed by atoms with Gasteiger partial charge in [0.05, 0.1) is 23.3 Å². The van der Waals surface area contributed by atoms with Crippen LogP contribution in [0.3, 0.4) is 0 Å². The number of nitrogens with one attached hydrogen (secondary N) is 1. The van der Waals surface area contributed by atoms with Gasteiger partial charge in [0.1, 0.15) is 6.61 Å². The fourth-order valence-electron chi connectivity index (χ4n) is 4.76. The summed E-state index contributed by atoms with van der Waals surface area (Å²) in [5.41, 5.74) is 4.50. The summed E-state index contributed by atoms with van der Waals surface area (Å²) in [5.74, 6) is 2.14. The highest BCUT2D eigenvalue weighted by Crippen LogP contribution is 2.52. The summed E-state index contributed by atoms with van der Waals surface area (Å²) in [6.07, 6.45) is 5.66. The van der Waals surface area contributed by atoms with Crippen LogP contribution in [0.2, 0.25) is 10.0 Å². The molecule has 3 aromatic rings. The van der Waals surface area contributed by atoms with E-state index in [0.29, 0.717) is 40.0 Å². The minimum absolute atomic E-state index is 0.140. The maximum atomic E-state index is 6.32. The van der Waals surface area contributed by atoms with Gasteiger partial charge in [-0.1, -0.05) is 53.6 Å². The molecule has 3 atom stereocenters. The molecule has 7 heteroatoms. The number of anilines is 1. The molecule has 3 aromatic carbocycles. The van der Waals surface area contributed by atoms with Gasteiger partial charge < -0.3 is 14.8 Å². The van der Waals surface area contributed by atoms with Crippen LogP contribution in [0.4, 0.5) is 5.69 Å². The first-order valence-electron chi connectivity index (χ1n) is 10.6. The van der Waals surface area contributed by atoms with E-state index in [2.05, 4.69) is 79.7 Å². The second kappa shape index (κ2) is 9.53. The summed E-state index contributed by atoms with van der Waals surface area (Å²) in [6, 6.07) is 16.1. The maximum absolute atomic E-state index is 6.32. The third-order valence-electron chi connectivity index (χ3n) is 6.34. The third-order valence-corrected chi connectivity index (χ3v) is 8.18. The van der Waals surface area contributed by atoms with Crippen molar-refractivity contribution in [3.8, 4) is 11.5 Å². The number of hydrogen-bond donors (Lipinski definition) is 1. The van der Waals surface area contributed by atoms with Gasteiger partial charge in [-0.2, -0.15) is 0 Å². The van der Waals surface area contributed by atoms with Crippen LogP contribution in [0.25, 0.3) is 0 Å². The van der Waals surface area contributed by atoms with E-state index in [1.165, 1.54) is 5.56 Å². The lowest BCUT2D eigenvalue weighted by atomic mass is 9.77. The first-order valence-corrected chi connectivity index (χ1v) is 13.0. The Morgan fingerprint density at radius 2 is 1.91 bits per heavy atom. The van der Waals surface area contributed by atoms with E-state index in [9.17, 15) is 0 Å². The van der Waals surface area contributed by atoms with Gasteiger partial charge in [-0.3, -0.25) is 0 Å². The van der Waals surface area contributed by atoms with E-state index in [-0.39, 0.29) is 6.04 Å². The average molecular weight is 610 g/mol. The molecule has 0 spiro atoms. The van der Waals surface area contributed by atoms with Crippen molar-refractivity contribution in [2.45, 2.75) is 25.0 Å². The number of allylic oxidation sites excluding steroid dienone is 2. The Labute approximate surface area is 220 Å². The summed E-state index contributed by atoms with van der Waals surface area (Å²) in [4.78, 5) is 0. The van der Waals surface area contributed by atoms with Crippen LogP contribution >= 0.6 is 55.1 Å². The Morgan fingerprint density at radius 3 is 2.70 bits per heavy atom. The van der Waals surface area contributed by atoms with Crippen molar-refractivity contribution < 1.29 is 9.47 Å². The quantitative estimate of drug-likeness (QED) is 0.293. The molecule has 3 nitrogen and oxygen atoms in total. The number of methoxy groups -OCH3 is 1. The standard InChI is InChI=1S/C26H21Br2Cl2NO2/c1-32-23-11-15(10-21(28)26(23)33-13-14-8-9-16(29)12-22(14)30)24-18-5-2-4-17(18)19-6-3-7-20(27)25(19)31-24/h2-4,6-12,17-18,24,31H,5,13H2,1H3/t17-,18+,24-/m0/s1. The van der Waals surface area contributed by atoms with Gasteiger partial charge in [0, 0.05) is 26.0 Å². The molecule has 0 bridgehead atoms. The van der Waals surface area contributed by atoms with Crippen molar-refractivity contribution in [3.63, 3.8) is 0 Å². The highest BCUT2D eigenvalue weighted by molar-refractivity contribution is 9.11. The number of benzene rings is 3. The lowest BCUT2D eigenvalue weighted by Crippen LogP contribution is -2.29. The van der Waals surface area contributed by atoms with Crippen LogP contribution < -0.4 is 14.8 Å². The SMILES string of the molecule is COc1cc([C@@H]2Nc3c(Br)cccc3[C@H]3C=CC[C@H]32)cc(Br)c1OCc1ccc(Cl)cc1Cl. The zero-order valence-corrected chi connectivity index (χ0v) is 22.4. The number of para-hydroxylation sites is 1. The molecular weight excluding hydrogens is 589 g/mol. The van der Waals surface area contributed by atoms with Crippen molar-refractivity contribution in [2.24, 2.45) is 5.92 Å². The lowest BCUT2D eigenvalue weighted by Gasteiger charge is -2.38. The van der Waals surface area contributed by atoms with Crippen molar-refractivity contribution in [2.75, 3.05) is 12.4 Å². The molecule has 1 heterocycles. The van der Waals surface area contributed by atoms with Gasteiger partial charge in [0.15, 0.2) is 11.5 Å². The van der Waals surface area contributed by atoms with Crippen LogP contribution in [0, 0.1) is 5.92 Å². The number of rotatable bonds is 5. The fraction of sp³-hybridized carbons (Fsp3) is 0.231. The van der Waals surface area contributed by atoms with Crippen LogP contribution in [-0.2, 0) is 6.61 Å². The third kappa shape index (κ3) is 4.41. The Hall–Kier alpha value is -1.66. The molecule has 0 saturated heterocycles. The minimum Gasteiger partial charge on any atom is -0.493 e. The second-order valence-corrected chi connectivity index (χ2v) is 10.8. The van der Waals surface area contributed by atoms with E-state index in [4.69, 9.17) is 32.7 Å². The number of hydrogen-bond acceptors (Lipinski definition) is 3. The van der Waals surface area contributed by atoms with Crippen molar-refractivity contribution in [3.05, 3.63) is 96.4 Å². The van der Waals surface area contributed by atoms with E-state index >= 15 is 0 Å². The molecule has 5 rings (SSSR count). The molecule has 1 N–H and O–H groups in total. The van der Waals surface area contributed by atoms with Gasteiger partial charge in [-0.05, 0) is 85.7 Å². The number of halogens is 4. The predicted octanol–water partition coefficient (Wildman–Crippen LogP) is 8.93. The highest BCUT2D eigenvalue weighted by Gasteiger charge is 2.39. The molecule has 170 valence electrons.